The van der Waals surface area contributed by atoms with Gasteiger partial charge >= 0.3 is 0 Å². The van der Waals surface area contributed by atoms with Gasteiger partial charge in [-0.1, -0.05) is 28.1 Å². The first-order valence-corrected chi connectivity index (χ1v) is 7.27. The Hall–Kier alpha value is -1.81. The largest absolute Gasteiger partial charge is 0.399 e. The molecule has 0 fully saturated rings. The van der Waals surface area contributed by atoms with Crippen molar-refractivity contribution in [2.45, 2.75) is 20.0 Å². The third kappa shape index (κ3) is 2.20. The Morgan fingerprint density at radius 1 is 1.20 bits per heavy atom. The summed E-state index contributed by atoms with van der Waals surface area (Å²) in [5, 5.41) is 0. The number of carbonyl (C=O) groups is 1. The van der Waals surface area contributed by atoms with Gasteiger partial charge in [0.2, 0.25) is 0 Å². The molecule has 0 unspecified atom stereocenters. The van der Waals surface area contributed by atoms with Crippen molar-refractivity contribution in [2.24, 2.45) is 0 Å². The number of rotatable bonds is 1. The molecule has 0 radical (unpaired) electrons. The summed E-state index contributed by atoms with van der Waals surface area (Å²) in [6, 6.07) is 11.6. The van der Waals surface area contributed by atoms with Gasteiger partial charge in [-0.3, -0.25) is 4.79 Å². The molecule has 0 bridgehead atoms. The van der Waals surface area contributed by atoms with Gasteiger partial charge in [0.05, 0.1) is 0 Å². The van der Waals surface area contributed by atoms with Crippen LogP contribution in [0.5, 0.6) is 0 Å². The van der Waals surface area contributed by atoms with Crippen molar-refractivity contribution in [1.82, 2.24) is 4.90 Å². The number of benzene rings is 2. The van der Waals surface area contributed by atoms with Crippen LogP contribution in [0.3, 0.4) is 0 Å². The lowest BCUT2D eigenvalue weighted by Gasteiger charge is -2.17. The molecule has 1 aliphatic rings. The summed E-state index contributed by atoms with van der Waals surface area (Å²) in [6.45, 7) is 3.24. The van der Waals surface area contributed by atoms with Crippen LogP contribution in [-0.4, -0.2) is 10.8 Å². The SMILES string of the molecule is Cc1c(Br)cccc1C(=O)N1Cc2ccc(N)cc2C1. The molecular formula is C16H15BrN2O. The van der Waals surface area contributed by atoms with Crippen LogP contribution in [0.15, 0.2) is 40.9 Å². The number of amides is 1. The maximum Gasteiger partial charge on any atom is 0.254 e. The maximum atomic E-state index is 12.6. The van der Waals surface area contributed by atoms with E-state index in [1.54, 1.807) is 0 Å². The van der Waals surface area contributed by atoms with Crippen LogP contribution in [0.1, 0.15) is 27.0 Å². The Bertz CT molecular complexity index is 697. The van der Waals surface area contributed by atoms with Gasteiger partial charge in [0.1, 0.15) is 0 Å². The molecule has 102 valence electrons. The summed E-state index contributed by atoms with van der Waals surface area (Å²) >= 11 is 3.47. The minimum atomic E-state index is 0.0681. The summed E-state index contributed by atoms with van der Waals surface area (Å²) < 4.78 is 0.962. The molecule has 0 aromatic heterocycles. The summed E-state index contributed by atoms with van der Waals surface area (Å²) in [7, 11) is 0. The smallest absolute Gasteiger partial charge is 0.254 e. The lowest BCUT2D eigenvalue weighted by atomic mass is 10.1. The highest BCUT2D eigenvalue weighted by Gasteiger charge is 2.25. The molecule has 4 heteroatoms. The monoisotopic (exact) mass is 330 g/mol. The molecule has 1 heterocycles. The number of anilines is 1. The fourth-order valence-electron chi connectivity index (χ4n) is 2.57. The van der Waals surface area contributed by atoms with Crippen LogP contribution in [-0.2, 0) is 13.1 Å². The van der Waals surface area contributed by atoms with E-state index in [4.69, 9.17) is 5.73 Å². The number of nitrogen functional groups attached to an aromatic ring is 1. The molecule has 1 amide bonds. The van der Waals surface area contributed by atoms with Gasteiger partial charge in [0.15, 0.2) is 0 Å². The van der Waals surface area contributed by atoms with E-state index in [0.717, 1.165) is 26.9 Å². The molecule has 2 aromatic rings. The molecule has 20 heavy (non-hydrogen) atoms. The van der Waals surface area contributed by atoms with Gasteiger partial charge < -0.3 is 10.6 Å². The van der Waals surface area contributed by atoms with E-state index in [0.29, 0.717) is 13.1 Å². The number of nitrogens with two attached hydrogens (primary N) is 1. The van der Waals surface area contributed by atoms with Crippen molar-refractivity contribution >= 4 is 27.5 Å². The second-order valence-electron chi connectivity index (χ2n) is 5.10. The van der Waals surface area contributed by atoms with Crippen molar-refractivity contribution in [2.75, 3.05) is 5.73 Å². The third-order valence-electron chi connectivity index (χ3n) is 3.74. The minimum Gasteiger partial charge on any atom is -0.399 e. The molecule has 0 spiro atoms. The van der Waals surface area contributed by atoms with E-state index in [9.17, 15) is 4.79 Å². The average Bonchev–Trinajstić information content (AvgIpc) is 2.84. The predicted molar refractivity (Wildman–Crippen MR) is 83.3 cm³/mol. The highest BCUT2D eigenvalue weighted by atomic mass is 79.9. The zero-order chi connectivity index (χ0) is 14.3. The maximum absolute atomic E-state index is 12.6. The van der Waals surface area contributed by atoms with E-state index in [1.807, 2.05) is 48.2 Å². The Labute approximate surface area is 126 Å². The summed E-state index contributed by atoms with van der Waals surface area (Å²) in [4.78, 5) is 14.5. The Morgan fingerprint density at radius 2 is 1.95 bits per heavy atom. The van der Waals surface area contributed by atoms with E-state index < -0.39 is 0 Å². The van der Waals surface area contributed by atoms with Crippen LogP contribution in [0.25, 0.3) is 0 Å². The zero-order valence-corrected chi connectivity index (χ0v) is 12.8. The molecule has 2 aromatic carbocycles. The molecule has 1 aliphatic heterocycles. The fraction of sp³-hybridized carbons (Fsp3) is 0.188. The molecule has 0 saturated carbocycles. The first kappa shape index (κ1) is 13.2. The number of nitrogens with zero attached hydrogens (tertiary/aromatic N) is 1. The van der Waals surface area contributed by atoms with E-state index in [1.165, 1.54) is 5.56 Å². The number of fused-ring (bicyclic) bond motifs is 1. The lowest BCUT2D eigenvalue weighted by Crippen LogP contribution is -2.26. The van der Waals surface area contributed by atoms with Crippen molar-refractivity contribution in [1.29, 1.82) is 0 Å². The molecule has 0 saturated heterocycles. The topological polar surface area (TPSA) is 46.3 Å². The van der Waals surface area contributed by atoms with E-state index in [-0.39, 0.29) is 5.91 Å². The van der Waals surface area contributed by atoms with Gasteiger partial charge in [0.25, 0.3) is 5.91 Å². The predicted octanol–water partition coefficient (Wildman–Crippen LogP) is 3.50. The van der Waals surface area contributed by atoms with E-state index in [2.05, 4.69) is 15.9 Å². The van der Waals surface area contributed by atoms with Crippen molar-refractivity contribution < 1.29 is 4.79 Å². The Balaban J connectivity index is 1.89. The molecule has 0 atom stereocenters. The zero-order valence-electron chi connectivity index (χ0n) is 11.2. The summed E-state index contributed by atoms with van der Waals surface area (Å²) in [5.41, 5.74) is 10.6. The van der Waals surface area contributed by atoms with Crippen LogP contribution in [0, 0.1) is 6.92 Å². The average molecular weight is 331 g/mol. The van der Waals surface area contributed by atoms with Gasteiger partial charge in [-0.05, 0) is 47.9 Å². The van der Waals surface area contributed by atoms with Crippen molar-refractivity contribution in [3.8, 4) is 0 Å². The first-order valence-electron chi connectivity index (χ1n) is 6.48. The van der Waals surface area contributed by atoms with Crippen LogP contribution < -0.4 is 5.73 Å². The second kappa shape index (κ2) is 4.94. The number of hydrogen-bond acceptors (Lipinski definition) is 2. The first-order chi connectivity index (χ1) is 9.56. The number of hydrogen-bond donors (Lipinski definition) is 1. The number of carbonyl (C=O) groups excluding carboxylic acids is 1. The Kier molecular flexibility index (Phi) is 3.26. The van der Waals surface area contributed by atoms with Gasteiger partial charge in [0, 0.05) is 28.8 Å². The van der Waals surface area contributed by atoms with Gasteiger partial charge in [-0.25, -0.2) is 0 Å². The summed E-state index contributed by atoms with van der Waals surface area (Å²) in [5.74, 6) is 0.0681. The Morgan fingerprint density at radius 3 is 2.75 bits per heavy atom. The van der Waals surface area contributed by atoms with Gasteiger partial charge in [-0.2, -0.15) is 0 Å². The van der Waals surface area contributed by atoms with Crippen LogP contribution >= 0.6 is 15.9 Å². The minimum absolute atomic E-state index is 0.0681. The van der Waals surface area contributed by atoms with E-state index >= 15 is 0 Å². The molecule has 0 aliphatic carbocycles. The van der Waals surface area contributed by atoms with Crippen molar-refractivity contribution in [3.05, 3.63) is 63.1 Å². The molecular weight excluding hydrogens is 316 g/mol. The third-order valence-corrected chi connectivity index (χ3v) is 4.60. The fourth-order valence-corrected chi connectivity index (χ4v) is 2.93. The van der Waals surface area contributed by atoms with Crippen LogP contribution in [0.4, 0.5) is 5.69 Å². The molecule has 3 nitrogen and oxygen atoms in total. The number of halogens is 1. The van der Waals surface area contributed by atoms with Crippen molar-refractivity contribution in [3.63, 3.8) is 0 Å². The van der Waals surface area contributed by atoms with Crippen LogP contribution in [0.2, 0.25) is 0 Å². The lowest BCUT2D eigenvalue weighted by molar-refractivity contribution is 0.0750. The second-order valence-corrected chi connectivity index (χ2v) is 5.96. The van der Waals surface area contributed by atoms with Gasteiger partial charge in [-0.15, -0.1) is 0 Å². The highest BCUT2D eigenvalue weighted by Crippen LogP contribution is 2.28. The molecule has 3 rings (SSSR count). The summed E-state index contributed by atoms with van der Waals surface area (Å²) in [6.07, 6.45) is 0. The normalized spacial score (nSPS) is 13.4. The quantitative estimate of drug-likeness (QED) is 0.813. The standard InChI is InChI=1S/C16H15BrN2O/c1-10-14(3-2-4-15(10)17)16(20)19-8-11-5-6-13(18)7-12(11)9-19/h2-7H,8-9,18H2,1H3. The molecule has 2 N–H and O–H groups in total. The highest BCUT2D eigenvalue weighted by molar-refractivity contribution is 9.10.